The number of nitrogens with zero attached hydrogens (tertiary/aromatic N) is 2. The standard InChI is InChI=1S/C18H18N2O3S/c19-11-14-6-8-18(9-7-14)24(22,23)20(12-15-4-5-15)13-16-2-1-3-17(21)10-16/h1-3,6-10,15,21H,4-5,12-13H2. The summed E-state index contributed by atoms with van der Waals surface area (Å²) in [5, 5.41) is 18.5. The van der Waals surface area contributed by atoms with Gasteiger partial charge in [-0.05, 0) is 60.7 Å². The number of hydrogen-bond donors (Lipinski definition) is 1. The van der Waals surface area contributed by atoms with Crippen molar-refractivity contribution < 1.29 is 13.5 Å². The van der Waals surface area contributed by atoms with Crippen LogP contribution in [0.15, 0.2) is 53.4 Å². The average molecular weight is 342 g/mol. The highest BCUT2D eigenvalue weighted by molar-refractivity contribution is 7.89. The summed E-state index contributed by atoms with van der Waals surface area (Å²) in [6.45, 7) is 0.686. The van der Waals surface area contributed by atoms with E-state index in [0.717, 1.165) is 18.4 Å². The molecule has 2 aromatic rings. The molecular formula is C18H18N2O3S. The highest BCUT2D eigenvalue weighted by atomic mass is 32.2. The van der Waals surface area contributed by atoms with Crippen molar-refractivity contribution in [2.24, 2.45) is 5.92 Å². The van der Waals surface area contributed by atoms with Gasteiger partial charge in [0.1, 0.15) is 5.75 Å². The van der Waals surface area contributed by atoms with Gasteiger partial charge < -0.3 is 5.11 Å². The predicted molar refractivity (Wildman–Crippen MR) is 89.6 cm³/mol. The zero-order valence-corrected chi connectivity index (χ0v) is 13.9. The molecule has 0 atom stereocenters. The van der Waals surface area contributed by atoms with Crippen molar-refractivity contribution in [2.45, 2.75) is 24.3 Å². The highest BCUT2D eigenvalue weighted by Crippen LogP contribution is 2.32. The van der Waals surface area contributed by atoms with Gasteiger partial charge in [0, 0.05) is 13.1 Å². The normalized spacial score (nSPS) is 14.5. The maximum atomic E-state index is 13.0. The topological polar surface area (TPSA) is 81.4 Å². The Hall–Kier alpha value is -2.36. The van der Waals surface area contributed by atoms with Crippen molar-refractivity contribution in [1.29, 1.82) is 5.26 Å². The zero-order chi connectivity index (χ0) is 17.2. The molecule has 0 unspecified atom stereocenters. The van der Waals surface area contributed by atoms with Gasteiger partial charge in [-0.25, -0.2) is 8.42 Å². The van der Waals surface area contributed by atoms with Crippen LogP contribution < -0.4 is 0 Å². The van der Waals surface area contributed by atoms with Crippen LogP contribution in [0.1, 0.15) is 24.0 Å². The van der Waals surface area contributed by atoms with E-state index in [1.54, 1.807) is 24.3 Å². The van der Waals surface area contributed by atoms with E-state index in [2.05, 4.69) is 0 Å². The molecule has 1 aliphatic carbocycles. The quantitative estimate of drug-likeness (QED) is 0.875. The van der Waals surface area contributed by atoms with Gasteiger partial charge in [-0.2, -0.15) is 9.57 Å². The van der Waals surface area contributed by atoms with Crippen molar-refractivity contribution in [3.05, 3.63) is 59.7 Å². The molecule has 0 radical (unpaired) electrons. The Morgan fingerprint density at radius 3 is 2.46 bits per heavy atom. The Kier molecular flexibility index (Phi) is 4.56. The first-order valence-corrected chi connectivity index (χ1v) is 9.21. The lowest BCUT2D eigenvalue weighted by Gasteiger charge is -2.22. The third-order valence-electron chi connectivity index (χ3n) is 4.05. The van der Waals surface area contributed by atoms with Gasteiger partial charge >= 0.3 is 0 Å². The van der Waals surface area contributed by atoms with Crippen molar-refractivity contribution in [2.75, 3.05) is 6.54 Å². The van der Waals surface area contributed by atoms with E-state index in [1.165, 1.54) is 28.6 Å². The van der Waals surface area contributed by atoms with Crippen LogP contribution in [0.5, 0.6) is 5.75 Å². The van der Waals surface area contributed by atoms with Crippen LogP contribution in [0.3, 0.4) is 0 Å². The zero-order valence-electron chi connectivity index (χ0n) is 13.1. The van der Waals surface area contributed by atoms with Crippen LogP contribution in [0.4, 0.5) is 0 Å². The molecule has 1 saturated carbocycles. The Morgan fingerprint density at radius 2 is 1.88 bits per heavy atom. The third-order valence-corrected chi connectivity index (χ3v) is 5.88. The number of nitriles is 1. The summed E-state index contributed by atoms with van der Waals surface area (Å²) in [6.07, 6.45) is 2.08. The molecule has 6 heteroatoms. The fraction of sp³-hybridized carbons (Fsp3) is 0.278. The van der Waals surface area contributed by atoms with E-state index in [9.17, 15) is 13.5 Å². The maximum absolute atomic E-state index is 13.0. The lowest BCUT2D eigenvalue weighted by atomic mass is 10.2. The highest BCUT2D eigenvalue weighted by Gasteiger charge is 2.31. The predicted octanol–water partition coefficient (Wildman–Crippen LogP) is 2.86. The molecular weight excluding hydrogens is 324 g/mol. The summed E-state index contributed by atoms with van der Waals surface area (Å²) in [6, 6.07) is 14.6. The number of hydrogen-bond acceptors (Lipinski definition) is 4. The first kappa shape index (κ1) is 16.5. The second-order valence-electron chi connectivity index (χ2n) is 6.05. The summed E-state index contributed by atoms with van der Waals surface area (Å²) in [5.41, 5.74) is 1.17. The average Bonchev–Trinajstić information content (AvgIpc) is 3.38. The largest absolute Gasteiger partial charge is 0.508 e. The summed E-state index contributed by atoms with van der Waals surface area (Å²) in [5.74, 6) is 0.519. The second-order valence-corrected chi connectivity index (χ2v) is 7.98. The number of phenolic OH excluding ortho intramolecular Hbond substituents is 1. The van der Waals surface area contributed by atoms with Gasteiger partial charge in [0.05, 0.1) is 16.5 Å². The Bertz CT molecular complexity index is 866. The summed E-state index contributed by atoms with van der Waals surface area (Å²) < 4.78 is 27.4. The van der Waals surface area contributed by atoms with Crippen molar-refractivity contribution >= 4 is 10.0 Å². The summed E-state index contributed by atoms with van der Waals surface area (Å²) in [7, 11) is -3.65. The molecule has 1 fully saturated rings. The number of phenols is 1. The van der Waals surface area contributed by atoms with E-state index < -0.39 is 10.0 Å². The minimum absolute atomic E-state index is 0.120. The molecule has 1 N–H and O–H groups in total. The van der Waals surface area contributed by atoms with Crippen molar-refractivity contribution in [3.63, 3.8) is 0 Å². The Labute approximate surface area is 141 Å². The Balaban J connectivity index is 1.89. The van der Waals surface area contributed by atoms with E-state index in [0.29, 0.717) is 18.0 Å². The van der Waals surface area contributed by atoms with Crippen LogP contribution in [-0.2, 0) is 16.6 Å². The van der Waals surface area contributed by atoms with E-state index in [-0.39, 0.29) is 17.2 Å². The van der Waals surface area contributed by atoms with Gasteiger partial charge in [0.2, 0.25) is 10.0 Å². The van der Waals surface area contributed by atoms with Gasteiger partial charge in [0.15, 0.2) is 0 Å². The minimum Gasteiger partial charge on any atom is -0.508 e. The van der Waals surface area contributed by atoms with Gasteiger partial charge in [-0.3, -0.25) is 0 Å². The molecule has 0 aliphatic heterocycles. The van der Waals surface area contributed by atoms with Crippen LogP contribution in [-0.4, -0.2) is 24.4 Å². The minimum atomic E-state index is -3.65. The van der Waals surface area contributed by atoms with E-state index >= 15 is 0 Å². The molecule has 0 saturated heterocycles. The smallest absolute Gasteiger partial charge is 0.243 e. The molecule has 0 bridgehead atoms. The number of benzene rings is 2. The monoisotopic (exact) mass is 342 g/mol. The van der Waals surface area contributed by atoms with Crippen LogP contribution in [0, 0.1) is 17.2 Å². The maximum Gasteiger partial charge on any atom is 0.243 e. The van der Waals surface area contributed by atoms with Crippen molar-refractivity contribution in [1.82, 2.24) is 4.31 Å². The summed E-state index contributed by atoms with van der Waals surface area (Å²) in [4.78, 5) is 0.183. The molecule has 5 nitrogen and oxygen atoms in total. The molecule has 0 aromatic heterocycles. The number of rotatable bonds is 6. The molecule has 0 spiro atoms. The number of aromatic hydroxyl groups is 1. The fourth-order valence-corrected chi connectivity index (χ4v) is 4.05. The molecule has 1 aliphatic rings. The lowest BCUT2D eigenvalue weighted by molar-refractivity contribution is 0.389. The van der Waals surface area contributed by atoms with Crippen LogP contribution >= 0.6 is 0 Å². The van der Waals surface area contributed by atoms with Gasteiger partial charge in [0.25, 0.3) is 0 Å². The van der Waals surface area contributed by atoms with E-state index in [4.69, 9.17) is 5.26 Å². The Morgan fingerprint density at radius 1 is 1.17 bits per heavy atom. The lowest BCUT2D eigenvalue weighted by Crippen LogP contribution is -2.32. The third kappa shape index (κ3) is 3.75. The molecule has 24 heavy (non-hydrogen) atoms. The molecule has 0 heterocycles. The van der Waals surface area contributed by atoms with Crippen molar-refractivity contribution in [3.8, 4) is 11.8 Å². The summed E-state index contributed by atoms with van der Waals surface area (Å²) >= 11 is 0. The fourth-order valence-electron chi connectivity index (χ4n) is 2.55. The van der Waals surface area contributed by atoms with Gasteiger partial charge in [-0.1, -0.05) is 12.1 Å². The molecule has 0 amide bonds. The second kappa shape index (κ2) is 6.63. The van der Waals surface area contributed by atoms with E-state index in [1.807, 2.05) is 6.07 Å². The van der Waals surface area contributed by atoms with Crippen LogP contribution in [0.2, 0.25) is 0 Å². The number of sulfonamides is 1. The molecule has 124 valence electrons. The van der Waals surface area contributed by atoms with Crippen LogP contribution in [0.25, 0.3) is 0 Å². The first-order chi connectivity index (χ1) is 11.5. The van der Waals surface area contributed by atoms with Gasteiger partial charge in [-0.15, -0.1) is 0 Å². The molecule has 2 aromatic carbocycles. The molecule has 3 rings (SSSR count). The SMILES string of the molecule is N#Cc1ccc(S(=O)(=O)N(Cc2cccc(O)c2)CC2CC2)cc1. The first-order valence-electron chi connectivity index (χ1n) is 7.77.